The smallest absolute Gasteiger partial charge is 0.387 e. The minimum Gasteiger partial charge on any atom is -0.464 e. The highest BCUT2D eigenvalue weighted by molar-refractivity contribution is 5.99. The van der Waals surface area contributed by atoms with E-state index < -0.39 is 12.6 Å². The van der Waals surface area contributed by atoms with Crippen molar-refractivity contribution in [2.24, 2.45) is 0 Å². The van der Waals surface area contributed by atoms with Gasteiger partial charge in [-0.2, -0.15) is 13.9 Å². The molecule has 1 aliphatic carbocycles. The van der Waals surface area contributed by atoms with E-state index in [-0.39, 0.29) is 17.4 Å². The normalized spacial score (nSPS) is 19.1. The number of morpholine rings is 1. The second-order valence-corrected chi connectivity index (χ2v) is 11.0. The SMILES string of the molecule is CCc1c(OC(F)F)cccc1-n1nc(C2CCC2)c2c(N3CCC(N4CCOCC4)CC3)cc(C(=O)OC)nc21. The summed E-state index contributed by atoms with van der Waals surface area (Å²) >= 11 is 0. The molecule has 3 fully saturated rings. The standard InChI is InChI=1S/C30H37F2N5O4/c1-3-21-23(8-5-9-25(21)41-30(31)32)37-28-26(27(34-37)19-6-4-7-19)24(18-22(33-28)29(38)39-2)36-12-10-20(11-13-36)35-14-16-40-17-15-35/h5,8-9,18-20,30H,3-4,6-7,10-17H2,1-2H3. The molecule has 2 aliphatic heterocycles. The van der Waals surface area contributed by atoms with Crippen molar-refractivity contribution >= 4 is 22.7 Å². The predicted molar refractivity (Wildman–Crippen MR) is 150 cm³/mol. The Bertz CT molecular complexity index is 1400. The average Bonchev–Trinajstić information content (AvgIpc) is 3.34. The number of pyridine rings is 1. The summed E-state index contributed by atoms with van der Waals surface area (Å²) in [5.41, 5.74) is 3.83. The fraction of sp³-hybridized carbons (Fsp3) is 0.567. The van der Waals surface area contributed by atoms with E-state index in [4.69, 9.17) is 24.3 Å². The molecule has 1 saturated carbocycles. The number of alkyl halides is 2. The summed E-state index contributed by atoms with van der Waals surface area (Å²) in [6.07, 6.45) is 5.66. The third-order valence-corrected chi connectivity index (χ3v) is 8.80. The maximum atomic E-state index is 13.3. The van der Waals surface area contributed by atoms with Gasteiger partial charge in [-0.1, -0.05) is 19.4 Å². The van der Waals surface area contributed by atoms with E-state index in [2.05, 4.69) is 9.80 Å². The van der Waals surface area contributed by atoms with Crippen LogP contribution < -0.4 is 9.64 Å². The zero-order chi connectivity index (χ0) is 28.5. The van der Waals surface area contributed by atoms with Gasteiger partial charge < -0.3 is 19.1 Å². The van der Waals surface area contributed by atoms with Crippen LogP contribution in [0.25, 0.3) is 16.7 Å². The number of hydrogen-bond acceptors (Lipinski definition) is 8. The molecule has 2 saturated heterocycles. The van der Waals surface area contributed by atoms with Crippen LogP contribution in [0.5, 0.6) is 5.75 Å². The maximum absolute atomic E-state index is 13.3. The van der Waals surface area contributed by atoms with Crippen LogP contribution in [-0.2, 0) is 15.9 Å². The van der Waals surface area contributed by atoms with Gasteiger partial charge in [0.2, 0.25) is 0 Å². The second kappa shape index (κ2) is 11.9. The van der Waals surface area contributed by atoms with Crippen LogP contribution in [-0.4, -0.2) is 84.8 Å². The Balaban J connectivity index is 1.47. The van der Waals surface area contributed by atoms with E-state index in [9.17, 15) is 13.6 Å². The molecule has 3 aromatic rings. The molecule has 0 N–H and O–H groups in total. The summed E-state index contributed by atoms with van der Waals surface area (Å²) in [5, 5.41) is 6.02. The van der Waals surface area contributed by atoms with Gasteiger partial charge in [-0.25, -0.2) is 14.5 Å². The van der Waals surface area contributed by atoms with Gasteiger partial charge in [-0.3, -0.25) is 4.90 Å². The zero-order valence-corrected chi connectivity index (χ0v) is 23.7. The van der Waals surface area contributed by atoms with Crippen LogP contribution in [0.15, 0.2) is 24.3 Å². The van der Waals surface area contributed by atoms with Gasteiger partial charge in [-0.05, 0) is 50.3 Å². The Labute approximate surface area is 238 Å². The van der Waals surface area contributed by atoms with Crippen molar-refractivity contribution in [3.05, 3.63) is 41.2 Å². The molecule has 41 heavy (non-hydrogen) atoms. The first-order valence-corrected chi connectivity index (χ1v) is 14.6. The number of methoxy groups -OCH3 is 1. The Hall–Kier alpha value is -3.31. The molecule has 1 aromatic carbocycles. The summed E-state index contributed by atoms with van der Waals surface area (Å²) in [6, 6.07) is 7.42. The van der Waals surface area contributed by atoms with Crippen molar-refractivity contribution in [2.75, 3.05) is 51.4 Å². The fourth-order valence-electron chi connectivity index (χ4n) is 6.45. The number of hydrogen-bond donors (Lipinski definition) is 0. The van der Waals surface area contributed by atoms with Gasteiger partial charge in [0.25, 0.3) is 0 Å². The molecule has 2 aromatic heterocycles. The number of benzene rings is 1. The van der Waals surface area contributed by atoms with Gasteiger partial charge >= 0.3 is 12.6 Å². The Morgan fingerprint density at radius 3 is 2.49 bits per heavy atom. The molecular weight excluding hydrogens is 532 g/mol. The first kappa shape index (κ1) is 27.8. The van der Waals surface area contributed by atoms with Gasteiger partial charge in [-0.15, -0.1) is 0 Å². The number of halogens is 2. The second-order valence-electron chi connectivity index (χ2n) is 11.0. The van der Waals surface area contributed by atoms with Gasteiger partial charge in [0, 0.05) is 43.7 Å². The predicted octanol–water partition coefficient (Wildman–Crippen LogP) is 4.94. The summed E-state index contributed by atoms with van der Waals surface area (Å²) in [4.78, 5) is 22.5. The summed E-state index contributed by atoms with van der Waals surface area (Å²) in [6.45, 7) is 4.12. The molecule has 6 rings (SSSR count). The molecule has 0 unspecified atom stereocenters. The monoisotopic (exact) mass is 569 g/mol. The lowest BCUT2D eigenvalue weighted by Gasteiger charge is -2.41. The molecular formula is C30H37F2N5O4. The first-order valence-electron chi connectivity index (χ1n) is 14.6. The molecule has 4 heterocycles. The van der Waals surface area contributed by atoms with Crippen LogP contribution in [0.1, 0.15) is 66.7 Å². The Morgan fingerprint density at radius 1 is 1.10 bits per heavy atom. The number of rotatable bonds is 8. The number of carbonyl (C=O) groups excluding carboxylic acids is 1. The quantitative estimate of drug-likeness (QED) is 0.353. The van der Waals surface area contributed by atoms with Gasteiger partial charge in [0.1, 0.15) is 5.75 Å². The number of piperidine rings is 1. The minimum atomic E-state index is -2.94. The van der Waals surface area contributed by atoms with Crippen LogP contribution in [0.4, 0.5) is 14.5 Å². The van der Waals surface area contributed by atoms with E-state index in [0.29, 0.717) is 29.4 Å². The van der Waals surface area contributed by atoms with E-state index >= 15 is 0 Å². The summed E-state index contributed by atoms with van der Waals surface area (Å²) in [7, 11) is 1.35. The highest BCUT2D eigenvalue weighted by atomic mass is 19.3. The third-order valence-electron chi connectivity index (χ3n) is 8.80. The fourth-order valence-corrected chi connectivity index (χ4v) is 6.45. The van der Waals surface area contributed by atoms with Gasteiger partial charge in [0.15, 0.2) is 11.3 Å². The largest absolute Gasteiger partial charge is 0.464 e. The molecule has 3 aliphatic rings. The number of esters is 1. The first-order chi connectivity index (χ1) is 20.0. The van der Waals surface area contributed by atoms with E-state index in [1.54, 1.807) is 16.8 Å². The molecule has 11 heteroatoms. The van der Waals surface area contributed by atoms with Crippen LogP contribution in [0, 0.1) is 0 Å². The van der Waals surface area contributed by atoms with Crippen molar-refractivity contribution in [1.29, 1.82) is 0 Å². The van der Waals surface area contributed by atoms with E-state index in [1.807, 2.05) is 19.1 Å². The molecule has 0 radical (unpaired) electrons. The summed E-state index contributed by atoms with van der Waals surface area (Å²) in [5.74, 6) is -0.136. The van der Waals surface area contributed by atoms with Crippen LogP contribution in [0.3, 0.4) is 0 Å². The molecule has 0 spiro atoms. The molecule has 220 valence electrons. The van der Waals surface area contributed by atoms with Gasteiger partial charge in [0.05, 0.1) is 42.8 Å². The van der Waals surface area contributed by atoms with Crippen molar-refractivity contribution in [1.82, 2.24) is 19.7 Å². The van der Waals surface area contributed by atoms with Crippen LogP contribution >= 0.6 is 0 Å². The third kappa shape index (κ3) is 5.37. The van der Waals surface area contributed by atoms with Crippen molar-refractivity contribution in [3.8, 4) is 11.4 Å². The lowest BCUT2D eigenvalue weighted by Crippen LogP contribution is -2.49. The van der Waals surface area contributed by atoms with Crippen molar-refractivity contribution in [2.45, 2.75) is 64.0 Å². The maximum Gasteiger partial charge on any atom is 0.387 e. The average molecular weight is 570 g/mol. The Kier molecular flexibility index (Phi) is 8.07. The topological polar surface area (TPSA) is 82.0 Å². The highest BCUT2D eigenvalue weighted by Gasteiger charge is 2.33. The van der Waals surface area contributed by atoms with Crippen molar-refractivity contribution < 1.29 is 27.8 Å². The highest BCUT2D eigenvalue weighted by Crippen LogP contribution is 2.44. The van der Waals surface area contributed by atoms with E-state index in [0.717, 1.165) is 88.3 Å². The Morgan fingerprint density at radius 2 is 1.85 bits per heavy atom. The lowest BCUT2D eigenvalue weighted by atomic mass is 9.82. The molecule has 0 bridgehead atoms. The number of carbonyl (C=O) groups is 1. The van der Waals surface area contributed by atoms with Crippen LogP contribution in [0.2, 0.25) is 0 Å². The summed E-state index contributed by atoms with van der Waals surface area (Å²) < 4.78 is 43.7. The molecule has 0 atom stereocenters. The molecule has 0 amide bonds. The number of anilines is 1. The number of ether oxygens (including phenoxy) is 3. The minimum absolute atomic E-state index is 0.114. The molecule has 9 nitrogen and oxygen atoms in total. The number of aromatic nitrogens is 3. The lowest BCUT2D eigenvalue weighted by molar-refractivity contribution is -0.0504. The number of nitrogens with zero attached hydrogens (tertiary/aromatic N) is 5. The van der Waals surface area contributed by atoms with Crippen molar-refractivity contribution in [3.63, 3.8) is 0 Å². The van der Waals surface area contributed by atoms with E-state index in [1.165, 1.54) is 7.11 Å². The number of fused-ring (bicyclic) bond motifs is 1. The zero-order valence-electron chi connectivity index (χ0n) is 23.7.